The number of hydrogen-bond donors (Lipinski definition) is 2. The highest BCUT2D eigenvalue weighted by Gasteiger charge is 2.35. The van der Waals surface area contributed by atoms with E-state index in [2.05, 4.69) is 19.2 Å². The molecular weight excluding hydrogens is 326 g/mol. The summed E-state index contributed by atoms with van der Waals surface area (Å²) >= 11 is 0. The van der Waals surface area contributed by atoms with Crippen molar-refractivity contribution >= 4 is 24.2 Å². The number of nitrogens with one attached hydrogen (secondary N) is 1. The molecule has 1 saturated heterocycles. The first-order valence-electron chi connectivity index (χ1n) is 8.28. The van der Waals surface area contributed by atoms with Gasteiger partial charge < -0.3 is 16.0 Å². The smallest absolute Gasteiger partial charge is 0.253 e. The SMILES string of the molecule is CCCNC(=O)c1cccc(C(=O)N2CCC(N)C(C)(C)C2)c1.Cl. The van der Waals surface area contributed by atoms with Crippen LogP contribution in [-0.2, 0) is 0 Å². The van der Waals surface area contributed by atoms with Gasteiger partial charge in [0.25, 0.3) is 11.8 Å². The highest BCUT2D eigenvalue weighted by molar-refractivity contribution is 5.99. The van der Waals surface area contributed by atoms with Crippen LogP contribution in [0, 0.1) is 5.41 Å². The summed E-state index contributed by atoms with van der Waals surface area (Å²) in [6, 6.07) is 7.04. The predicted octanol–water partition coefficient (Wildman–Crippen LogP) is 2.45. The number of halogens is 1. The third-order valence-electron chi connectivity index (χ3n) is 4.51. The zero-order valence-electron chi connectivity index (χ0n) is 14.7. The van der Waals surface area contributed by atoms with E-state index < -0.39 is 0 Å². The van der Waals surface area contributed by atoms with Crippen molar-refractivity contribution in [1.82, 2.24) is 10.2 Å². The van der Waals surface area contributed by atoms with Crippen molar-refractivity contribution < 1.29 is 9.59 Å². The number of carbonyl (C=O) groups is 2. The summed E-state index contributed by atoms with van der Waals surface area (Å²) in [5.74, 6) is -0.169. The topological polar surface area (TPSA) is 75.4 Å². The number of likely N-dealkylation sites (tertiary alicyclic amines) is 1. The zero-order chi connectivity index (χ0) is 17.0. The molecule has 1 aliphatic rings. The fourth-order valence-corrected chi connectivity index (χ4v) is 2.86. The van der Waals surface area contributed by atoms with Gasteiger partial charge in [-0.1, -0.05) is 26.8 Å². The molecule has 0 aliphatic carbocycles. The van der Waals surface area contributed by atoms with Crippen molar-refractivity contribution in [2.24, 2.45) is 11.1 Å². The van der Waals surface area contributed by atoms with Gasteiger partial charge in [0.1, 0.15) is 0 Å². The fourth-order valence-electron chi connectivity index (χ4n) is 2.86. The van der Waals surface area contributed by atoms with Gasteiger partial charge in [-0.3, -0.25) is 9.59 Å². The maximum Gasteiger partial charge on any atom is 0.253 e. The van der Waals surface area contributed by atoms with Crippen LogP contribution in [0.5, 0.6) is 0 Å². The van der Waals surface area contributed by atoms with Gasteiger partial charge in [0, 0.05) is 36.8 Å². The first-order chi connectivity index (χ1) is 10.8. The maximum atomic E-state index is 12.7. The number of amides is 2. The second-order valence-electron chi connectivity index (χ2n) is 6.95. The molecule has 1 aromatic carbocycles. The molecule has 0 aromatic heterocycles. The predicted molar refractivity (Wildman–Crippen MR) is 98.6 cm³/mol. The lowest BCUT2D eigenvalue weighted by Crippen LogP contribution is -2.54. The summed E-state index contributed by atoms with van der Waals surface area (Å²) in [6.45, 7) is 8.12. The Labute approximate surface area is 150 Å². The van der Waals surface area contributed by atoms with Crippen molar-refractivity contribution in [2.75, 3.05) is 19.6 Å². The molecule has 0 bridgehead atoms. The molecule has 0 saturated carbocycles. The molecule has 2 rings (SSSR count). The van der Waals surface area contributed by atoms with Crippen molar-refractivity contribution in [1.29, 1.82) is 0 Å². The quantitative estimate of drug-likeness (QED) is 0.873. The standard InChI is InChI=1S/C18H27N3O2.ClH/c1-4-9-20-16(22)13-6-5-7-14(11-13)17(23)21-10-8-15(19)18(2,3)12-21;/h5-7,11,15H,4,8-10,12,19H2,1-3H3,(H,20,22);1H. The molecule has 5 nitrogen and oxygen atoms in total. The second kappa shape index (κ2) is 8.49. The molecule has 0 radical (unpaired) electrons. The number of nitrogens with zero attached hydrogens (tertiary/aromatic N) is 1. The minimum absolute atomic E-state index is 0. The van der Waals surface area contributed by atoms with Gasteiger partial charge in [-0.25, -0.2) is 0 Å². The summed E-state index contributed by atoms with van der Waals surface area (Å²) in [5.41, 5.74) is 7.12. The number of piperidine rings is 1. The van der Waals surface area contributed by atoms with Crippen LogP contribution in [0.15, 0.2) is 24.3 Å². The number of carbonyl (C=O) groups excluding carboxylic acids is 2. The van der Waals surface area contributed by atoms with Gasteiger partial charge in [-0.05, 0) is 36.5 Å². The largest absolute Gasteiger partial charge is 0.352 e. The van der Waals surface area contributed by atoms with Gasteiger partial charge in [0.15, 0.2) is 0 Å². The van der Waals surface area contributed by atoms with E-state index in [-0.39, 0.29) is 35.7 Å². The Hall–Kier alpha value is -1.59. The van der Waals surface area contributed by atoms with Crippen LogP contribution in [0.4, 0.5) is 0 Å². The fraction of sp³-hybridized carbons (Fsp3) is 0.556. The lowest BCUT2D eigenvalue weighted by molar-refractivity contribution is 0.0533. The molecule has 134 valence electrons. The third-order valence-corrected chi connectivity index (χ3v) is 4.51. The van der Waals surface area contributed by atoms with Crippen LogP contribution in [0.2, 0.25) is 0 Å². The van der Waals surface area contributed by atoms with Crippen LogP contribution in [0.1, 0.15) is 54.3 Å². The van der Waals surface area contributed by atoms with Crippen LogP contribution in [0.3, 0.4) is 0 Å². The Balaban J connectivity index is 0.00000288. The van der Waals surface area contributed by atoms with E-state index in [1.54, 1.807) is 24.3 Å². The van der Waals surface area contributed by atoms with Gasteiger partial charge >= 0.3 is 0 Å². The van der Waals surface area contributed by atoms with E-state index in [1.165, 1.54) is 0 Å². The minimum Gasteiger partial charge on any atom is -0.352 e. The maximum absolute atomic E-state index is 12.7. The normalized spacial score (nSPS) is 19.3. The molecule has 24 heavy (non-hydrogen) atoms. The van der Waals surface area contributed by atoms with Gasteiger partial charge in [-0.15, -0.1) is 12.4 Å². The van der Waals surface area contributed by atoms with Gasteiger partial charge in [-0.2, -0.15) is 0 Å². The highest BCUT2D eigenvalue weighted by atomic mass is 35.5. The number of nitrogens with two attached hydrogens (primary N) is 1. The van der Waals surface area contributed by atoms with Gasteiger partial charge in [0.05, 0.1) is 0 Å². The molecule has 1 aromatic rings. The molecule has 6 heteroatoms. The molecule has 1 heterocycles. The summed E-state index contributed by atoms with van der Waals surface area (Å²) in [7, 11) is 0. The van der Waals surface area contributed by atoms with Crippen LogP contribution >= 0.6 is 12.4 Å². The molecular formula is C18H28ClN3O2. The second-order valence-corrected chi connectivity index (χ2v) is 6.95. The van der Waals surface area contributed by atoms with E-state index in [4.69, 9.17) is 5.73 Å². The molecule has 1 atom stereocenters. The molecule has 0 spiro atoms. The lowest BCUT2D eigenvalue weighted by Gasteiger charge is -2.42. The van der Waals surface area contributed by atoms with E-state index in [1.807, 2.05) is 11.8 Å². The molecule has 1 aliphatic heterocycles. The van der Waals surface area contributed by atoms with Gasteiger partial charge in [0.2, 0.25) is 0 Å². The average Bonchev–Trinajstić information content (AvgIpc) is 2.54. The van der Waals surface area contributed by atoms with Crippen molar-refractivity contribution in [3.8, 4) is 0 Å². The first kappa shape index (κ1) is 20.5. The van der Waals surface area contributed by atoms with Crippen LogP contribution in [0.25, 0.3) is 0 Å². The monoisotopic (exact) mass is 353 g/mol. The van der Waals surface area contributed by atoms with E-state index in [0.29, 0.717) is 30.8 Å². The number of benzene rings is 1. The molecule has 1 unspecified atom stereocenters. The summed E-state index contributed by atoms with van der Waals surface area (Å²) < 4.78 is 0. The molecule has 3 N–H and O–H groups in total. The highest BCUT2D eigenvalue weighted by Crippen LogP contribution is 2.28. The Kier molecular flexibility index (Phi) is 7.24. The Morgan fingerprint density at radius 2 is 2.00 bits per heavy atom. The lowest BCUT2D eigenvalue weighted by atomic mass is 9.79. The molecule has 1 fully saturated rings. The summed E-state index contributed by atoms with van der Waals surface area (Å²) in [6.07, 6.45) is 1.68. The van der Waals surface area contributed by atoms with Crippen molar-refractivity contribution in [3.63, 3.8) is 0 Å². The van der Waals surface area contributed by atoms with Crippen molar-refractivity contribution in [2.45, 2.75) is 39.7 Å². The van der Waals surface area contributed by atoms with Crippen LogP contribution in [-0.4, -0.2) is 42.4 Å². The number of rotatable bonds is 4. The number of hydrogen-bond acceptors (Lipinski definition) is 3. The first-order valence-corrected chi connectivity index (χ1v) is 8.28. The minimum atomic E-state index is -0.137. The van der Waals surface area contributed by atoms with E-state index in [9.17, 15) is 9.59 Å². The van der Waals surface area contributed by atoms with Crippen molar-refractivity contribution in [3.05, 3.63) is 35.4 Å². The molecule has 2 amide bonds. The summed E-state index contributed by atoms with van der Waals surface area (Å²) in [4.78, 5) is 26.6. The third kappa shape index (κ3) is 4.71. The average molecular weight is 354 g/mol. The Morgan fingerprint density at radius 3 is 2.62 bits per heavy atom. The zero-order valence-corrected chi connectivity index (χ0v) is 15.5. The Bertz CT molecular complexity index is 589. The van der Waals surface area contributed by atoms with E-state index in [0.717, 1.165) is 12.8 Å². The van der Waals surface area contributed by atoms with Crippen LogP contribution < -0.4 is 11.1 Å². The van der Waals surface area contributed by atoms with E-state index >= 15 is 0 Å². The summed E-state index contributed by atoms with van der Waals surface area (Å²) in [5, 5.41) is 2.83. The Morgan fingerprint density at radius 1 is 1.33 bits per heavy atom.